The van der Waals surface area contributed by atoms with E-state index in [0.29, 0.717) is 39.3 Å². The molecule has 1 saturated heterocycles. The van der Waals surface area contributed by atoms with Crippen molar-refractivity contribution in [3.05, 3.63) is 62.1 Å². The van der Waals surface area contributed by atoms with Crippen molar-refractivity contribution in [2.45, 2.75) is 17.5 Å². The Hall–Kier alpha value is -2.65. The number of anilines is 1. The molecule has 4 rings (SSSR count). The number of rotatable bonds is 4. The van der Waals surface area contributed by atoms with E-state index in [0.717, 1.165) is 0 Å². The Kier molecular flexibility index (Phi) is 4.74. The highest BCUT2D eigenvalue weighted by Gasteiger charge is 2.68. The number of amides is 1. The predicted octanol–water partition coefficient (Wildman–Crippen LogP) is 2.99. The minimum atomic E-state index is -1.38. The third-order valence-corrected chi connectivity index (χ3v) is 6.63. The Labute approximate surface area is 176 Å². The van der Waals surface area contributed by atoms with Crippen molar-refractivity contribution >= 4 is 27.5 Å². The lowest BCUT2D eigenvalue weighted by Gasteiger charge is -2.30. The molecule has 0 unspecified atom stereocenters. The second kappa shape index (κ2) is 7.00. The van der Waals surface area contributed by atoms with Crippen LogP contribution >= 0.6 is 15.9 Å². The summed E-state index contributed by atoms with van der Waals surface area (Å²) in [5.41, 5.74) is 0.568. The van der Waals surface area contributed by atoms with Crippen LogP contribution in [0.3, 0.4) is 0 Å². The lowest BCUT2D eigenvalue weighted by molar-refractivity contribution is -0.534. The van der Waals surface area contributed by atoms with Crippen molar-refractivity contribution in [2.75, 3.05) is 33.1 Å². The van der Waals surface area contributed by atoms with E-state index in [1.165, 1.54) is 14.2 Å². The van der Waals surface area contributed by atoms with Crippen molar-refractivity contribution in [1.29, 1.82) is 0 Å². The molecule has 8 nitrogen and oxygen atoms in total. The number of carbonyl (C=O) groups excluding carboxylic acids is 1. The van der Waals surface area contributed by atoms with Gasteiger partial charge in [-0.05, 0) is 30.8 Å². The molecule has 0 aliphatic carbocycles. The fraction of sp³-hybridized carbons (Fsp3) is 0.350. The van der Waals surface area contributed by atoms with Crippen LogP contribution in [0.1, 0.15) is 17.0 Å². The maximum absolute atomic E-state index is 13.2. The van der Waals surface area contributed by atoms with Crippen LogP contribution in [0.25, 0.3) is 0 Å². The average molecular weight is 462 g/mol. The van der Waals surface area contributed by atoms with Crippen molar-refractivity contribution < 1.29 is 19.2 Å². The summed E-state index contributed by atoms with van der Waals surface area (Å²) in [5, 5.41) is 15.2. The maximum Gasteiger partial charge on any atom is 0.256 e. The van der Waals surface area contributed by atoms with Crippen molar-refractivity contribution in [2.24, 2.45) is 0 Å². The van der Waals surface area contributed by atoms with E-state index in [2.05, 4.69) is 21.2 Å². The zero-order valence-corrected chi connectivity index (χ0v) is 17.7. The van der Waals surface area contributed by atoms with Crippen LogP contribution in [0, 0.1) is 10.1 Å². The minimum absolute atomic E-state index is 0.334. The summed E-state index contributed by atoms with van der Waals surface area (Å²) in [4.78, 5) is 27.0. The number of para-hydroxylation sites is 1. The van der Waals surface area contributed by atoms with Crippen LogP contribution in [0.5, 0.6) is 11.5 Å². The van der Waals surface area contributed by atoms with Gasteiger partial charge in [-0.25, -0.2) is 0 Å². The summed E-state index contributed by atoms with van der Waals surface area (Å²) in [6, 6.07) is 9.46. The van der Waals surface area contributed by atoms with Crippen LogP contribution in [0.2, 0.25) is 0 Å². The number of nitrogens with one attached hydrogen (secondary N) is 1. The van der Waals surface area contributed by atoms with E-state index in [9.17, 15) is 14.9 Å². The zero-order valence-electron chi connectivity index (χ0n) is 16.1. The largest absolute Gasteiger partial charge is 0.493 e. The molecule has 1 spiro atoms. The zero-order chi connectivity index (χ0) is 20.9. The van der Waals surface area contributed by atoms with Gasteiger partial charge in [0.2, 0.25) is 0 Å². The molecule has 152 valence electrons. The summed E-state index contributed by atoms with van der Waals surface area (Å²) in [7, 11) is 4.80. The standard InChI is InChI=1S/C20H20BrN3O5/c1-23-10-12(11-8-16(28-2)17(29-3)9-14(11)21)18(24(26)27)20(23)13-6-4-5-7-15(13)22-19(20)25/h4-9,12,18H,10H2,1-3H3,(H,22,25)/t12-,18-,20+/m0/s1. The van der Waals surface area contributed by atoms with Gasteiger partial charge in [-0.1, -0.05) is 34.1 Å². The van der Waals surface area contributed by atoms with E-state index in [-0.39, 0.29) is 10.8 Å². The molecule has 9 heteroatoms. The van der Waals surface area contributed by atoms with Crippen molar-refractivity contribution in [3.63, 3.8) is 0 Å². The summed E-state index contributed by atoms with van der Waals surface area (Å²) >= 11 is 3.52. The number of hydrogen-bond donors (Lipinski definition) is 1. The molecular weight excluding hydrogens is 442 g/mol. The smallest absolute Gasteiger partial charge is 0.256 e. The number of likely N-dealkylation sites (N-methyl/N-ethyl adjacent to an activating group) is 1. The maximum atomic E-state index is 13.2. The Morgan fingerprint density at radius 2 is 1.90 bits per heavy atom. The van der Waals surface area contributed by atoms with E-state index < -0.39 is 17.5 Å². The molecule has 2 aliphatic heterocycles. The first-order valence-corrected chi connectivity index (χ1v) is 9.82. The molecule has 0 aromatic heterocycles. The molecule has 2 heterocycles. The Bertz CT molecular complexity index is 1010. The van der Waals surface area contributed by atoms with Gasteiger partial charge in [0.05, 0.1) is 20.1 Å². The van der Waals surface area contributed by atoms with Crippen molar-refractivity contribution in [3.8, 4) is 11.5 Å². The van der Waals surface area contributed by atoms with Gasteiger partial charge in [0.25, 0.3) is 11.9 Å². The number of nitro groups is 1. The van der Waals surface area contributed by atoms with Gasteiger partial charge in [0.15, 0.2) is 17.0 Å². The second-order valence-corrected chi connectivity index (χ2v) is 8.07. The number of likely N-dealkylation sites (tertiary alicyclic amines) is 1. The Balaban J connectivity index is 1.91. The highest BCUT2D eigenvalue weighted by atomic mass is 79.9. The van der Waals surface area contributed by atoms with Crippen LogP contribution in [0.4, 0.5) is 5.69 Å². The van der Waals surface area contributed by atoms with E-state index in [1.54, 1.807) is 48.3 Å². The summed E-state index contributed by atoms with van der Waals surface area (Å²) in [6.07, 6.45) is 0. The van der Waals surface area contributed by atoms with Gasteiger partial charge in [-0.2, -0.15) is 0 Å². The highest BCUT2D eigenvalue weighted by molar-refractivity contribution is 9.10. The molecule has 0 saturated carbocycles. The average Bonchev–Trinajstić information content (AvgIpc) is 3.17. The number of benzene rings is 2. The quantitative estimate of drug-likeness (QED) is 0.555. The molecule has 0 radical (unpaired) electrons. The summed E-state index contributed by atoms with van der Waals surface area (Å²) < 4.78 is 11.4. The first-order chi connectivity index (χ1) is 13.9. The third-order valence-electron chi connectivity index (χ3n) is 5.94. The number of halogens is 1. The molecule has 0 bridgehead atoms. The number of ether oxygens (including phenoxy) is 2. The molecule has 1 fully saturated rings. The monoisotopic (exact) mass is 461 g/mol. The van der Waals surface area contributed by atoms with Gasteiger partial charge in [-0.3, -0.25) is 19.8 Å². The lowest BCUT2D eigenvalue weighted by Crippen LogP contribution is -2.54. The normalized spacial score (nSPS) is 25.7. The molecule has 2 aliphatic rings. The van der Waals surface area contributed by atoms with E-state index in [4.69, 9.17) is 9.47 Å². The van der Waals surface area contributed by atoms with E-state index >= 15 is 0 Å². The fourth-order valence-electron chi connectivity index (χ4n) is 4.71. The van der Waals surface area contributed by atoms with Gasteiger partial charge >= 0.3 is 0 Å². The molecule has 3 atom stereocenters. The molecule has 2 aromatic rings. The topological polar surface area (TPSA) is 93.9 Å². The fourth-order valence-corrected chi connectivity index (χ4v) is 5.33. The van der Waals surface area contributed by atoms with Gasteiger partial charge < -0.3 is 14.8 Å². The lowest BCUT2D eigenvalue weighted by atomic mass is 9.79. The predicted molar refractivity (Wildman–Crippen MR) is 110 cm³/mol. The molecule has 1 N–H and O–H groups in total. The number of carbonyl (C=O) groups is 1. The summed E-state index contributed by atoms with van der Waals surface area (Å²) in [6.45, 7) is 0.335. The molecule has 29 heavy (non-hydrogen) atoms. The summed E-state index contributed by atoms with van der Waals surface area (Å²) in [5.74, 6) is 0.0848. The third kappa shape index (κ3) is 2.64. The van der Waals surface area contributed by atoms with Gasteiger partial charge in [0, 0.05) is 27.2 Å². The number of nitrogens with zero attached hydrogens (tertiary/aromatic N) is 2. The minimum Gasteiger partial charge on any atom is -0.493 e. The molecule has 2 aromatic carbocycles. The van der Waals surface area contributed by atoms with Crippen LogP contribution in [-0.2, 0) is 10.3 Å². The number of methoxy groups -OCH3 is 2. The van der Waals surface area contributed by atoms with Gasteiger partial charge in [0.1, 0.15) is 0 Å². The SMILES string of the molecule is COc1cc(Br)c([C@@H]2CN(C)[C@@]3(C(=O)Nc4ccccc43)[C@H]2[N+](=O)[O-])cc1OC. The highest BCUT2D eigenvalue weighted by Crippen LogP contribution is 2.53. The second-order valence-electron chi connectivity index (χ2n) is 7.21. The van der Waals surface area contributed by atoms with Crippen LogP contribution < -0.4 is 14.8 Å². The van der Waals surface area contributed by atoms with Crippen LogP contribution in [-0.4, -0.2) is 49.6 Å². The van der Waals surface area contributed by atoms with Crippen molar-refractivity contribution in [1.82, 2.24) is 4.90 Å². The first-order valence-electron chi connectivity index (χ1n) is 9.03. The van der Waals surface area contributed by atoms with Gasteiger partial charge in [-0.15, -0.1) is 0 Å². The van der Waals surface area contributed by atoms with E-state index in [1.807, 2.05) is 0 Å². The number of fused-ring (bicyclic) bond motifs is 2. The molecular formula is C20H20BrN3O5. The molecule has 1 amide bonds. The van der Waals surface area contributed by atoms with Crippen LogP contribution in [0.15, 0.2) is 40.9 Å². The Morgan fingerprint density at radius 1 is 1.24 bits per heavy atom. The first kappa shape index (κ1) is 19.7. The number of hydrogen-bond acceptors (Lipinski definition) is 6. The Morgan fingerprint density at radius 3 is 2.55 bits per heavy atom.